The van der Waals surface area contributed by atoms with Crippen molar-refractivity contribution in [1.82, 2.24) is 9.96 Å². The van der Waals surface area contributed by atoms with Crippen molar-refractivity contribution in [3.63, 3.8) is 0 Å². The largest absolute Gasteiger partial charge is 0.506 e. The summed E-state index contributed by atoms with van der Waals surface area (Å²) in [6.07, 6.45) is -2.34. The lowest BCUT2D eigenvalue weighted by Crippen LogP contribution is -2.73. The molecule has 0 aliphatic carbocycles. The molecule has 2 N–H and O–H groups in total. The van der Waals surface area contributed by atoms with Crippen LogP contribution in [-0.4, -0.2) is 61.5 Å². The van der Waals surface area contributed by atoms with Crippen LogP contribution in [0, 0.1) is 0 Å². The smallest absolute Gasteiger partial charge is 0.450 e. The molecule has 2 amide bonds. The van der Waals surface area contributed by atoms with E-state index in [1.54, 1.807) is 52.0 Å². The first-order valence-corrected chi connectivity index (χ1v) is 8.34. The van der Waals surface area contributed by atoms with Gasteiger partial charge in [0.05, 0.1) is 22.7 Å². The van der Waals surface area contributed by atoms with Crippen LogP contribution >= 0.6 is 0 Å². The number of carbonyl (C=O) groups is 3. The maximum absolute atomic E-state index is 12.9. The van der Waals surface area contributed by atoms with Gasteiger partial charge in [0.25, 0.3) is 11.8 Å². The summed E-state index contributed by atoms with van der Waals surface area (Å²) in [6, 6.07) is 5.44. The summed E-state index contributed by atoms with van der Waals surface area (Å²) < 4.78 is 5.06. The lowest BCUT2D eigenvalue weighted by atomic mass is 9.75. The molecule has 8 heteroatoms. The Morgan fingerprint density at radius 3 is 2.08 bits per heavy atom. The number of nitrogens with zero attached hydrogens (tertiary/aromatic N) is 2. The van der Waals surface area contributed by atoms with E-state index in [2.05, 4.69) is 0 Å². The second kappa shape index (κ2) is 5.78. The predicted octanol–water partition coefficient (Wildman–Crippen LogP) is 2.37. The highest BCUT2D eigenvalue weighted by atomic mass is 16.7. The van der Waals surface area contributed by atoms with E-state index in [-0.39, 0.29) is 17.5 Å². The first kappa shape index (κ1) is 18.3. The highest BCUT2D eigenvalue weighted by Gasteiger charge is 2.59. The second-order valence-electron chi connectivity index (χ2n) is 7.87. The zero-order valence-corrected chi connectivity index (χ0v) is 15.1. The van der Waals surface area contributed by atoms with Crippen LogP contribution in [0.2, 0.25) is 0 Å². The van der Waals surface area contributed by atoms with Crippen molar-refractivity contribution in [2.45, 2.75) is 57.3 Å². The molecule has 0 saturated carbocycles. The van der Waals surface area contributed by atoms with Gasteiger partial charge in [-0.25, -0.2) is 4.79 Å². The molecule has 140 valence electrons. The van der Waals surface area contributed by atoms with Gasteiger partial charge in [-0.15, -0.1) is 0 Å². The number of hydrogen-bond acceptors (Lipinski definition) is 6. The molecule has 0 bridgehead atoms. The van der Waals surface area contributed by atoms with Gasteiger partial charge in [-0.1, -0.05) is 12.1 Å². The van der Waals surface area contributed by atoms with Crippen LogP contribution in [0.5, 0.6) is 0 Å². The molecule has 0 aromatic heterocycles. The Morgan fingerprint density at radius 2 is 1.62 bits per heavy atom. The number of hydroxylamine groups is 2. The third kappa shape index (κ3) is 2.57. The van der Waals surface area contributed by atoms with Crippen LogP contribution < -0.4 is 0 Å². The molecule has 1 aromatic rings. The minimum atomic E-state index is -1.49. The van der Waals surface area contributed by atoms with E-state index in [1.807, 2.05) is 0 Å². The van der Waals surface area contributed by atoms with Crippen LogP contribution in [-0.2, 0) is 4.74 Å². The van der Waals surface area contributed by atoms with Crippen LogP contribution in [0.1, 0.15) is 54.8 Å². The van der Waals surface area contributed by atoms with Crippen LogP contribution in [0.15, 0.2) is 24.3 Å². The van der Waals surface area contributed by atoms with Crippen molar-refractivity contribution in [2.24, 2.45) is 0 Å². The average Bonchev–Trinajstić information content (AvgIpc) is 2.78. The maximum atomic E-state index is 12.9. The number of benzene rings is 1. The van der Waals surface area contributed by atoms with Gasteiger partial charge in [0.15, 0.2) is 0 Å². The Hall–Kier alpha value is -2.45. The zero-order valence-electron chi connectivity index (χ0n) is 15.1. The Morgan fingerprint density at radius 1 is 1.12 bits per heavy atom. The summed E-state index contributed by atoms with van der Waals surface area (Å²) in [5.74, 6) is -1.04. The third-order valence-electron chi connectivity index (χ3n) is 5.25. The molecule has 2 aliphatic rings. The van der Waals surface area contributed by atoms with Gasteiger partial charge >= 0.3 is 6.16 Å². The molecular formula is C18H22N2O6. The summed E-state index contributed by atoms with van der Waals surface area (Å²) in [7, 11) is 0. The first-order valence-electron chi connectivity index (χ1n) is 8.34. The van der Waals surface area contributed by atoms with Crippen molar-refractivity contribution in [3.05, 3.63) is 35.4 Å². The van der Waals surface area contributed by atoms with E-state index >= 15 is 0 Å². The molecule has 0 spiro atoms. The number of ether oxygens (including phenoxy) is 1. The maximum Gasteiger partial charge on any atom is 0.506 e. The van der Waals surface area contributed by atoms with Gasteiger partial charge in [-0.3, -0.25) is 14.5 Å². The van der Waals surface area contributed by atoms with E-state index < -0.39 is 41.2 Å². The summed E-state index contributed by atoms with van der Waals surface area (Å²) in [5.41, 5.74) is -1.41. The van der Waals surface area contributed by atoms with Gasteiger partial charge in [0.1, 0.15) is 6.10 Å². The van der Waals surface area contributed by atoms with E-state index in [4.69, 9.17) is 9.84 Å². The number of imide groups is 1. The lowest BCUT2D eigenvalue weighted by molar-refractivity contribution is -0.273. The van der Waals surface area contributed by atoms with E-state index in [0.29, 0.717) is 0 Å². The van der Waals surface area contributed by atoms with Crippen molar-refractivity contribution < 1.29 is 29.4 Å². The van der Waals surface area contributed by atoms with E-state index in [9.17, 15) is 19.6 Å². The Kier molecular flexibility index (Phi) is 4.08. The molecule has 0 radical (unpaired) electrons. The first-order chi connectivity index (χ1) is 12.0. The standard InChI is InChI=1S/C18H22N2O6/c1-17(2)9-12(26-16(23)24)13(18(3,4)20(17)25)19-14(21)10-7-5-6-8-11(10)15(19)22/h5-8,12-13,25H,9H2,1-4H3,(H,23,24). The monoisotopic (exact) mass is 362 g/mol. The number of fused-ring (bicyclic) bond motifs is 1. The predicted molar refractivity (Wildman–Crippen MR) is 90.0 cm³/mol. The van der Waals surface area contributed by atoms with E-state index in [1.165, 1.54) is 0 Å². The third-order valence-corrected chi connectivity index (χ3v) is 5.25. The normalized spacial score (nSPS) is 27.3. The number of piperidine rings is 1. The summed E-state index contributed by atoms with van der Waals surface area (Å²) >= 11 is 0. The van der Waals surface area contributed by atoms with Crippen molar-refractivity contribution in [2.75, 3.05) is 0 Å². The highest BCUT2D eigenvalue weighted by molar-refractivity contribution is 6.21. The quantitative estimate of drug-likeness (QED) is 0.614. The highest BCUT2D eigenvalue weighted by Crippen LogP contribution is 2.43. The molecule has 26 heavy (non-hydrogen) atoms. The minimum Gasteiger partial charge on any atom is -0.450 e. The Bertz CT molecular complexity index is 753. The molecule has 1 saturated heterocycles. The fourth-order valence-corrected chi connectivity index (χ4v) is 4.23. The van der Waals surface area contributed by atoms with Crippen molar-refractivity contribution in [1.29, 1.82) is 0 Å². The number of rotatable bonds is 2. The topological polar surface area (TPSA) is 107 Å². The number of carboxylic acid groups (broad SMARTS) is 1. The second-order valence-corrected chi connectivity index (χ2v) is 7.87. The van der Waals surface area contributed by atoms with Gasteiger partial charge in [0.2, 0.25) is 0 Å². The van der Waals surface area contributed by atoms with Crippen LogP contribution in [0.4, 0.5) is 4.79 Å². The molecule has 8 nitrogen and oxygen atoms in total. The number of amides is 2. The summed E-state index contributed by atoms with van der Waals surface area (Å²) in [6.45, 7) is 6.79. The lowest BCUT2D eigenvalue weighted by Gasteiger charge is -2.56. The van der Waals surface area contributed by atoms with Crippen LogP contribution in [0.3, 0.4) is 0 Å². The van der Waals surface area contributed by atoms with Gasteiger partial charge in [-0.2, -0.15) is 5.06 Å². The molecule has 2 heterocycles. The number of hydrogen-bond donors (Lipinski definition) is 2. The molecular weight excluding hydrogens is 340 g/mol. The van der Waals surface area contributed by atoms with Gasteiger partial charge < -0.3 is 15.1 Å². The number of carbonyl (C=O) groups excluding carboxylic acids is 2. The van der Waals surface area contributed by atoms with Gasteiger partial charge in [0, 0.05) is 12.0 Å². The van der Waals surface area contributed by atoms with E-state index in [0.717, 1.165) is 9.96 Å². The molecule has 3 rings (SSSR count). The summed E-state index contributed by atoms with van der Waals surface area (Å²) in [5, 5.41) is 20.9. The molecule has 2 unspecified atom stereocenters. The molecule has 2 aliphatic heterocycles. The summed E-state index contributed by atoms with van der Waals surface area (Å²) in [4.78, 5) is 38.0. The Balaban J connectivity index is 2.09. The molecule has 1 fully saturated rings. The van der Waals surface area contributed by atoms with Crippen LogP contribution in [0.25, 0.3) is 0 Å². The van der Waals surface area contributed by atoms with Crippen molar-refractivity contribution in [3.8, 4) is 0 Å². The zero-order chi connectivity index (χ0) is 19.4. The minimum absolute atomic E-state index is 0.122. The molecule has 2 atom stereocenters. The van der Waals surface area contributed by atoms with Gasteiger partial charge in [-0.05, 0) is 39.8 Å². The molecule has 1 aromatic carbocycles. The Labute approximate surface area is 150 Å². The SMILES string of the molecule is CC1(C)CC(OC(=O)O)C(N2C(=O)c3ccccc3C2=O)C(C)(C)N1O. The average molecular weight is 362 g/mol. The van der Waals surface area contributed by atoms with Crippen molar-refractivity contribution >= 4 is 18.0 Å². The fourth-order valence-electron chi connectivity index (χ4n) is 4.23. The fraction of sp³-hybridized carbons (Fsp3) is 0.500.